The van der Waals surface area contributed by atoms with Gasteiger partial charge in [-0.3, -0.25) is 0 Å². The van der Waals surface area contributed by atoms with Gasteiger partial charge in [0, 0.05) is 0 Å². The van der Waals surface area contributed by atoms with E-state index in [4.69, 9.17) is 0 Å². The van der Waals surface area contributed by atoms with Crippen molar-refractivity contribution in [3.8, 4) is 12.1 Å². The van der Waals surface area contributed by atoms with Crippen LogP contribution in [0, 0.1) is 12.1 Å². The van der Waals surface area contributed by atoms with Crippen LogP contribution in [0.15, 0.2) is 0 Å². The minimum absolute atomic E-state index is 0.704. The number of hydrogen-bond donors (Lipinski definition) is 0. The second-order valence-electron chi connectivity index (χ2n) is 2.05. The molecule has 2 unspecified atom stereocenters. The molecule has 0 radical (unpaired) electrons. The molecule has 2 nitrogen and oxygen atoms in total. The van der Waals surface area contributed by atoms with Crippen LogP contribution in [0.4, 0.5) is 13.2 Å². The Hall–Kier alpha value is -1.18. The summed E-state index contributed by atoms with van der Waals surface area (Å²) in [5, 5.41) is 0. The number of cyclic esters (lactones) is 1. The zero-order chi connectivity index (χ0) is 8.48. The van der Waals surface area contributed by atoms with Crippen LogP contribution < -0.4 is 0 Å². The van der Waals surface area contributed by atoms with Gasteiger partial charge in [-0.05, 0) is 5.92 Å². The van der Waals surface area contributed by atoms with Gasteiger partial charge >= 0.3 is 5.97 Å². The van der Waals surface area contributed by atoms with E-state index in [0.29, 0.717) is 6.17 Å². The molecule has 11 heavy (non-hydrogen) atoms. The monoisotopic (exact) mass is 164 g/mol. The van der Waals surface area contributed by atoms with E-state index >= 15 is 0 Å². The van der Waals surface area contributed by atoms with Crippen LogP contribution >= 0.6 is 0 Å². The molecule has 1 aliphatic rings. The number of carbonyl (C=O) groups is 1. The molecule has 2 atom stereocenters. The number of hydrogen-bond acceptors (Lipinski definition) is 2. The van der Waals surface area contributed by atoms with E-state index < -0.39 is 24.4 Å². The first kappa shape index (κ1) is 7.92. The van der Waals surface area contributed by atoms with Crippen molar-refractivity contribution in [2.75, 3.05) is 6.61 Å². The first-order valence-corrected chi connectivity index (χ1v) is 2.72. The van der Waals surface area contributed by atoms with Gasteiger partial charge in [-0.1, -0.05) is 0 Å². The zero-order valence-corrected chi connectivity index (χ0v) is 5.23. The summed E-state index contributed by atoms with van der Waals surface area (Å²) in [5.74, 6) is -0.0409. The van der Waals surface area contributed by atoms with E-state index in [1.807, 2.05) is 0 Å². The minimum atomic E-state index is -2.80. The van der Waals surface area contributed by atoms with Gasteiger partial charge < -0.3 is 4.74 Å². The molecule has 5 heteroatoms. The standard InChI is InChI=1S/C6H3F3O2/c7-2-1-6(9)3-11-5(10)4(6)8/h4H,3H2. The summed E-state index contributed by atoms with van der Waals surface area (Å²) in [7, 11) is 0. The van der Waals surface area contributed by atoms with Crippen molar-refractivity contribution in [2.45, 2.75) is 11.8 Å². The molecule has 1 aliphatic heterocycles. The third kappa shape index (κ3) is 1.16. The van der Waals surface area contributed by atoms with E-state index in [2.05, 4.69) is 4.74 Å². The fourth-order valence-electron chi connectivity index (χ4n) is 0.687. The van der Waals surface area contributed by atoms with Gasteiger partial charge in [-0.2, -0.15) is 0 Å². The van der Waals surface area contributed by atoms with Gasteiger partial charge in [-0.25, -0.2) is 13.6 Å². The fourth-order valence-corrected chi connectivity index (χ4v) is 0.687. The Morgan fingerprint density at radius 2 is 2.36 bits per heavy atom. The molecule has 0 saturated carbocycles. The highest BCUT2D eigenvalue weighted by molar-refractivity contribution is 5.79. The molecule has 60 valence electrons. The maximum Gasteiger partial charge on any atom is 0.345 e. The molecule has 0 aromatic heterocycles. The number of alkyl halides is 2. The number of ether oxygens (including phenoxy) is 1. The normalized spacial score (nSPS) is 35.9. The lowest BCUT2D eigenvalue weighted by molar-refractivity contribution is -0.142. The molecule has 0 amide bonds. The SMILES string of the molecule is O=C1OCC(F)(C#CF)C1F. The molecular formula is C6H3F3O2. The summed E-state index contributed by atoms with van der Waals surface area (Å²) < 4.78 is 40.5. The third-order valence-corrected chi connectivity index (χ3v) is 1.29. The predicted molar refractivity (Wildman–Crippen MR) is 28.6 cm³/mol. The van der Waals surface area contributed by atoms with Crippen molar-refractivity contribution >= 4 is 5.97 Å². The molecule has 0 aliphatic carbocycles. The summed E-state index contributed by atoms with van der Waals surface area (Å²) in [5.41, 5.74) is -2.80. The van der Waals surface area contributed by atoms with Crippen molar-refractivity contribution < 1.29 is 22.7 Å². The molecule has 0 aromatic carbocycles. The van der Waals surface area contributed by atoms with Crippen molar-refractivity contribution in [3.05, 3.63) is 0 Å². The second-order valence-corrected chi connectivity index (χ2v) is 2.05. The highest BCUT2D eigenvalue weighted by atomic mass is 19.2. The lowest BCUT2D eigenvalue weighted by Crippen LogP contribution is -2.33. The first-order chi connectivity index (χ1) is 5.10. The largest absolute Gasteiger partial charge is 0.459 e. The summed E-state index contributed by atoms with van der Waals surface area (Å²) in [4.78, 5) is 10.2. The van der Waals surface area contributed by atoms with Crippen molar-refractivity contribution in [2.24, 2.45) is 0 Å². The van der Waals surface area contributed by atoms with Crippen LogP contribution in [0.3, 0.4) is 0 Å². The molecule has 1 saturated heterocycles. The third-order valence-electron chi connectivity index (χ3n) is 1.29. The Kier molecular flexibility index (Phi) is 1.77. The van der Waals surface area contributed by atoms with Gasteiger partial charge in [0.05, 0.1) is 0 Å². The summed E-state index contributed by atoms with van der Waals surface area (Å²) >= 11 is 0. The Morgan fingerprint density at radius 3 is 2.73 bits per heavy atom. The first-order valence-electron chi connectivity index (χ1n) is 2.72. The molecule has 0 bridgehead atoms. The van der Waals surface area contributed by atoms with Crippen LogP contribution in [0.25, 0.3) is 0 Å². The molecule has 0 N–H and O–H groups in total. The topological polar surface area (TPSA) is 26.3 Å². The molecule has 1 heterocycles. The van der Waals surface area contributed by atoms with Crippen molar-refractivity contribution in [1.82, 2.24) is 0 Å². The van der Waals surface area contributed by atoms with E-state index in [1.54, 1.807) is 0 Å². The lowest BCUT2D eigenvalue weighted by atomic mass is 10.1. The van der Waals surface area contributed by atoms with Crippen LogP contribution in [0.5, 0.6) is 0 Å². The van der Waals surface area contributed by atoms with Gasteiger partial charge in [-0.15, -0.1) is 4.39 Å². The van der Waals surface area contributed by atoms with E-state index in [9.17, 15) is 18.0 Å². The Labute approximate surface area is 60.3 Å². The van der Waals surface area contributed by atoms with Crippen LogP contribution in [-0.4, -0.2) is 24.4 Å². The second kappa shape index (κ2) is 2.46. The minimum Gasteiger partial charge on any atom is -0.459 e. The Balaban J connectivity index is 2.86. The summed E-state index contributed by atoms with van der Waals surface area (Å²) in [6.45, 7) is -0.843. The zero-order valence-electron chi connectivity index (χ0n) is 5.23. The average Bonchev–Trinajstić information content (AvgIpc) is 2.19. The maximum atomic E-state index is 12.8. The van der Waals surface area contributed by atoms with Crippen LogP contribution in [-0.2, 0) is 9.53 Å². The lowest BCUT2D eigenvalue weighted by Gasteiger charge is -2.07. The van der Waals surface area contributed by atoms with Crippen molar-refractivity contribution in [1.29, 1.82) is 0 Å². The highest BCUT2D eigenvalue weighted by Gasteiger charge is 2.51. The summed E-state index contributed by atoms with van der Waals surface area (Å²) in [6.07, 6.45) is -1.79. The number of rotatable bonds is 0. The molecule has 0 spiro atoms. The molecule has 1 rings (SSSR count). The quantitative estimate of drug-likeness (QED) is 0.385. The number of halogens is 3. The Morgan fingerprint density at radius 1 is 1.73 bits per heavy atom. The van der Waals surface area contributed by atoms with E-state index in [0.717, 1.165) is 0 Å². The van der Waals surface area contributed by atoms with Gasteiger partial charge in [0.25, 0.3) is 0 Å². The van der Waals surface area contributed by atoms with Gasteiger partial charge in [0.1, 0.15) is 12.8 Å². The number of esters is 1. The van der Waals surface area contributed by atoms with Crippen LogP contribution in [0.2, 0.25) is 0 Å². The molecule has 1 fully saturated rings. The maximum absolute atomic E-state index is 12.8. The highest BCUT2D eigenvalue weighted by Crippen LogP contribution is 2.26. The van der Waals surface area contributed by atoms with Crippen molar-refractivity contribution in [3.63, 3.8) is 0 Å². The van der Waals surface area contributed by atoms with Gasteiger partial charge in [0.15, 0.2) is 0 Å². The van der Waals surface area contributed by atoms with Crippen LogP contribution in [0.1, 0.15) is 0 Å². The average molecular weight is 164 g/mol. The summed E-state index contributed by atoms with van der Waals surface area (Å²) in [6, 6.07) is 0. The smallest absolute Gasteiger partial charge is 0.345 e. The van der Waals surface area contributed by atoms with E-state index in [1.165, 1.54) is 5.92 Å². The predicted octanol–water partition coefficient (Wildman–Crippen LogP) is 0.520. The van der Waals surface area contributed by atoms with Gasteiger partial charge in [0.2, 0.25) is 11.8 Å². The molecular weight excluding hydrogens is 161 g/mol. The van der Waals surface area contributed by atoms with E-state index in [-0.39, 0.29) is 0 Å². The Bertz CT molecular complexity index is 242. The fraction of sp³-hybridized carbons (Fsp3) is 0.500. The number of carbonyl (C=O) groups excluding carboxylic acids is 1. The molecule has 0 aromatic rings.